The van der Waals surface area contributed by atoms with Gasteiger partial charge in [0, 0.05) is 45.0 Å². The molecule has 0 radical (unpaired) electrons. The molecule has 2 N–H and O–H groups in total. The van der Waals surface area contributed by atoms with Crippen LogP contribution in [0.1, 0.15) is 11.1 Å². The number of hydrogen-bond donors (Lipinski definition) is 2. The van der Waals surface area contributed by atoms with Crippen LogP contribution in [-0.2, 0) is 27.9 Å². The van der Waals surface area contributed by atoms with E-state index >= 15 is 0 Å². The molecule has 4 rings (SSSR count). The van der Waals surface area contributed by atoms with Gasteiger partial charge in [-0.1, -0.05) is 48.5 Å². The molecule has 0 atom stereocenters. The second kappa shape index (κ2) is 11.0. The third-order valence-electron chi connectivity index (χ3n) is 5.54. The molecule has 1 aromatic heterocycles. The average molecular weight is 485 g/mol. The minimum atomic E-state index is -3.65. The van der Waals surface area contributed by atoms with Crippen LogP contribution in [0.25, 0.3) is 0 Å². The van der Waals surface area contributed by atoms with E-state index in [0.717, 1.165) is 50.6 Å². The molecule has 1 amide bonds. The second-order valence-electron chi connectivity index (χ2n) is 8.04. The summed E-state index contributed by atoms with van der Waals surface area (Å²) in [6, 6.07) is 21.4. The summed E-state index contributed by atoms with van der Waals surface area (Å²) in [4.78, 5) is 17.1. The Labute approximate surface area is 199 Å². The molecule has 0 unspecified atom stereocenters. The Morgan fingerprint density at radius 1 is 0.818 bits per heavy atom. The fourth-order valence-electron chi connectivity index (χ4n) is 3.75. The SMILES string of the molecule is O=C(CNS(=O)(=O)c1cccs1)Nc1ccc(CN2CCN(Cc3ccccc3)CC2)cc1. The lowest BCUT2D eigenvalue weighted by Crippen LogP contribution is -2.45. The first kappa shape index (κ1) is 23.6. The summed E-state index contributed by atoms with van der Waals surface area (Å²) in [5.74, 6) is -0.405. The van der Waals surface area contributed by atoms with Crippen molar-refractivity contribution in [3.05, 3.63) is 83.2 Å². The number of anilines is 1. The molecule has 3 aromatic rings. The lowest BCUT2D eigenvalue weighted by atomic mass is 10.1. The van der Waals surface area contributed by atoms with Crippen LogP contribution < -0.4 is 10.0 Å². The molecule has 2 heterocycles. The summed E-state index contributed by atoms with van der Waals surface area (Å²) >= 11 is 1.11. The van der Waals surface area contributed by atoms with Gasteiger partial charge in [0.1, 0.15) is 4.21 Å². The van der Waals surface area contributed by atoms with Crippen LogP contribution in [0.4, 0.5) is 5.69 Å². The van der Waals surface area contributed by atoms with Crippen molar-refractivity contribution in [1.82, 2.24) is 14.5 Å². The van der Waals surface area contributed by atoms with E-state index in [-0.39, 0.29) is 10.8 Å². The van der Waals surface area contributed by atoms with Crippen molar-refractivity contribution in [3.8, 4) is 0 Å². The van der Waals surface area contributed by atoms with Gasteiger partial charge in [-0.05, 0) is 34.7 Å². The maximum absolute atomic E-state index is 12.1. The van der Waals surface area contributed by atoms with Crippen LogP contribution in [0.15, 0.2) is 76.3 Å². The minimum Gasteiger partial charge on any atom is -0.325 e. The van der Waals surface area contributed by atoms with Crippen LogP contribution in [0.2, 0.25) is 0 Å². The number of nitrogens with zero attached hydrogens (tertiary/aromatic N) is 2. The average Bonchev–Trinajstić information content (AvgIpc) is 3.37. The molecule has 1 saturated heterocycles. The highest BCUT2D eigenvalue weighted by molar-refractivity contribution is 7.91. The molecular formula is C24H28N4O3S2. The van der Waals surface area contributed by atoms with Crippen LogP contribution in [0.3, 0.4) is 0 Å². The summed E-state index contributed by atoms with van der Waals surface area (Å²) in [6.07, 6.45) is 0. The summed E-state index contributed by atoms with van der Waals surface area (Å²) in [7, 11) is -3.65. The highest BCUT2D eigenvalue weighted by Gasteiger charge is 2.18. The van der Waals surface area contributed by atoms with Gasteiger partial charge in [0.25, 0.3) is 10.0 Å². The molecule has 33 heavy (non-hydrogen) atoms. The number of nitrogens with one attached hydrogen (secondary N) is 2. The molecule has 0 aliphatic carbocycles. The molecule has 0 spiro atoms. The predicted octanol–water partition coefficient (Wildman–Crippen LogP) is 2.98. The van der Waals surface area contributed by atoms with Crippen molar-refractivity contribution in [1.29, 1.82) is 0 Å². The first-order chi connectivity index (χ1) is 16.0. The standard InChI is InChI=1S/C24H28N4O3S2/c29-23(17-25-33(30,31)24-7-4-16-32-24)26-22-10-8-21(9-11-22)19-28-14-12-27(13-15-28)18-20-5-2-1-3-6-20/h1-11,16,25H,12-15,17-19H2,(H,26,29). The lowest BCUT2D eigenvalue weighted by Gasteiger charge is -2.34. The Balaban J connectivity index is 1.20. The third-order valence-corrected chi connectivity index (χ3v) is 8.34. The maximum Gasteiger partial charge on any atom is 0.250 e. The fraction of sp³-hybridized carbons (Fsp3) is 0.292. The van der Waals surface area contributed by atoms with E-state index in [1.54, 1.807) is 11.4 Å². The molecule has 1 aliphatic heterocycles. The largest absolute Gasteiger partial charge is 0.325 e. The van der Waals surface area contributed by atoms with Gasteiger partial charge in [-0.3, -0.25) is 14.6 Å². The number of thiophene rings is 1. The van der Waals surface area contributed by atoms with Crippen LogP contribution in [0, 0.1) is 0 Å². The Morgan fingerprint density at radius 2 is 1.42 bits per heavy atom. The zero-order valence-electron chi connectivity index (χ0n) is 18.3. The first-order valence-electron chi connectivity index (χ1n) is 10.9. The summed E-state index contributed by atoms with van der Waals surface area (Å²) < 4.78 is 26.7. The zero-order chi connectivity index (χ0) is 23.1. The number of piperazine rings is 1. The molecule has 174 valence electrons. The number of amides is 1. The van der Waals surface area contributed by atoms with Gasteiger partial charge in [-0.25, -0.2) is 13.1 Å². The molecule has 1 fully saturated rings. The molecule has 9 heteroatoms. The van der Waals surface area contributed by atoms with Gasteiger partial charge in [0.2, 0.25) is 5.91 Å². The number of sulfonamides is 1. The molecular weight excluding hydrogens is 456 g/mol. The van der Waals surface area contributed by atoms with E-state index in [2.05, 4.69) is 44.1 Å². The summed E-state index contributed by atoms with van der Waals surface area (Å²) in [6.45, 7) is 5.69. The van der Waals surface area contributed by atoms with Crippen molar-refractivity contribution < 1.29 is 13.2 Å². The quantitative estimate of drug-likeness (QED) is 0.488. The molecule has 2 aromatic carbocycles. The van der Waals surface area contributed by atoms with E-state index in [1.807, 2.05) is 30.3 Å². The van der Waals surface area contributed by atoms with E-state index in [4.69, 9.17) is 0 Å². The minimum absolute atomic E-state index is 0.195. The van der Waals surface area contributed by atoms with E-state index in [0.29, 0.717) is 5.69 Å². The van der Waals surface area contributed by atoms with Gasteiger partial charge < -0.3 is 5.32 Å². The van der Waals surface area contributed by atoms with E-state index in [1.165, 1.54) is 17.2 Å². The van der Waals surface area contributed by atoms with Gasteiger partial charge in [0.05, 0.1) is 6.54 Å². The smallest absolute Gasteiger partial charge is 0.250 e. The fourth-order valence-corrected chi connectivity index (χ4v) is 5.77. The molecule has 0 saturated carbocycles. The third kappa shape index (κ3) is 6.96. The number of hydrogen-bond acceptors (Lipinski definition) is 6. The highest BCUT2D eigenvalue weighted by atomic mass is 32.2. The molecule has 7 nitrogen and oxygen atoms in total. The van der Waals surface area contributed by atoms with E-state index < -0.39 is 15.9 Å². The number of rotatable bonds is 9. The monoisotopic (exact) mass is 484 g/mol. The van der Waals surface area contributed by atoms with Crippen LogP contribution in [-0.4, -0.2) is 56.8 Å². The number of benzene rings is 2. The number of carbonyl (C=O) groups is 1. The topological polar surface area (TPSA) is 81.7 Å². The number of carbonyl (C=O) groups excluding carboxylic acids is 1. The van der Waals surface area contributed by atoms with Gasteiger partial charge in [-0.2, -0.15) is 0 Å². The Bertz CT molecular complexity index is 1130. The zero-order valence-corrected chi connectivity index (χ0v) is 19.9. The maximum atomic E-state index is 12.1. The normalized spacial score (nSPS) is 15.4. The lowest BCUT2D eigenvalue weighted by molar-refractivity contribution is -0.115. The summed E-state index contributed by atoms with van der Waals surface area (Å²) in [5, 5.41) is 4.42. The van der Waals surface area contributed by atoms with Crippen molar-refractivity contribution in [2.75, 3.05) is 38.0 Å². The van der Waals surface area contributed by atoms with Gasteiger partial charge >= 0.3 is 0 Å². The van der Waals surface area contributed by atoms with Gasteiger partial charge in [0.15, 0.2) is 0 Å². The summed E-state index contributed by atoms with van der Waals surface area (Å²) in [5.41, 5.74) is 3.18. The Morgan fingerprint density at radius 3 is 2.00 bits per heavy atom. The van der Waals surface area contributed by atoms with Crippen LogP contribution in [0.5, 0.6) is 0 Å². The van der Waals surface area contributed by atoms with E-state index in [9.17, 15) is 13.2 Å². The molecule has 0 bridgehead atoms. The predicted molar refractivity (Wildman–Crippen MR) is 132 cm³/mol. The van der Waals surface area contributed by atoms with Crippen molar-refractivity contribution in [2.24, 2.45) is 0 Å². The highest BCUT2D eigenvalue weighted by Crippen LogP contribution is 2.16. The van der Waals surface area contributed by atoms with Crippen molar-refractivity contribution in [2.45, 2.75) is 17.3 Å². The Kier molecular flexibility index (Phi) is 7.89. The Hall–Kier alpha value is -2.56. The van der Waals surface area contributed by atoms with Crippen molar-refractivity contribution in [3.63, 3.8) is 0 Å². The van der Waals surface area contributed by atoms with Gasteiger partial charge in [-0.15, -0.1) is 11.3 Å². The first-order valence-corrected chi connectivity index (χ1v) is 13.2. The van der Waals surface area contributed by atoms with Crippen LogP contribution >= 0.6 is 11.3 Å². The van der Waals surface area contributed by atoms with Crippen molar-refractivity contribution >= 4 is 33.0 Å². The second-order valence-corrected chi connectivity index (χ2v) is 11.0. The molecule has 1 aliphatic rings.